The molecule has 0 bridgehead atoms. The molecule has 0 spiro atoms. The Morgan fingerprint density at radius 3 is 2.22 bits per heavy atom. The standard InChI is InChI=1S/C33H32F4N6O3/c34-26-9-5-4-8-24(26)20-28(44)42-18-16-41(17-19-42)27-11-10-25(21-38-27)39-31(45)29-30(33(35,36)37)40-32(46-29)43-14-12-23(13-15-43)22-6-2-1-3-7-22/h1-11,21,23H,12-20H2,(H,39,45). The van der Waals surface area contributed by atoms with E-state index in [1.54, 1.807) is 34.1 Å². The van der Waals surface area contributed by atoms with Gasteiger partial charge in [0.15, 0.2) is 5.69 Å². The fraction of sp³-hybridized carbons (Fsp3) is 0.333. The summed E-state index contributed by atoms with van der Waals surface area (Å²) in [6.07, 6.45) is -2.13. The molecule has 2 aromatic carbocycles. The van der Waals surface area contributed by atoms with Gasteiger partial charge in [-0.15, -0.1) is 0 Å². The van der Waals surface area contributed by atoms with Crippen molar-refractivity contribution >= 4 is 29.3 Å². The van der Waals surface area contributed by atoms with Gasteiger partial charge in [-0.2, -0.15) is 18.2 Å². The predicted molar refractivity (Wildman–Crippen MR) is 163 cm³/mol. The molecule has 240 valence electrons. The van der Waals surface area contributed by atoms with Crippen molar-refractivity contribution in [2.75, 3.05) is 54.4 Å². The molecule has 2 aliphatic rings. The molecule has 0 unspecified atom stereocenters. The Morgan fingerprint density at radius 1 is 0.870 bits per heavy atom. The Hall–Kier alpha value is -4.94. The number of carbonyl (C=O) groups is 2. The largest absolute Gasteiger partial charge is 0.437 e. The number of nitrogens with zero attached hydrogens (tertiary/aromatic N) is 5. The zero-order valence-corrected chi connectivity index (χ0v) is 24.8. The lowest BCUT2D eigenvalue weighted by atomic mass is 9.90. The maximum atomic E-state index is 13.9. The minimum Gasteiger partial charge on any atom is -0.417 e. The van der Waals surface area contributed by atoms with Crippen LogP contribution in [0.3, 0.4) is 0 Å². The fourth-order valence-corrected chi connectivity index (χ4v) is 5.86. The number of nitrogens with one attached hydrogen (secondary N) is 1. The molecule has 0 atom stereocenters. The van der Waals surface area contributed by atoms with Gasteiger partial charge in [0.1, 0.15) is 11.6 Å². The van der Waals surface area contributed by atoms with E-state index in [1.807, 2.05) is 35.2 Å². The van der Waals surface area contributed by atoms with Crippen LogP contribution >= 0.6 is 0 Å². The highest BCUT2D eigenvalue weighted by Crippen LogP contribution is 2.36. The summed E-state index contributed by atoms with van der Waals surface area (Å²) in [5, 5.41) is 2.44. The van der Waals surface area contributed by atoms with Crippen LogP contribution in [0.4, 0.5) is 35.1 Å². The monoisotopic (exact) mass is 636 g/mol. The highest BCUT2D eigenvalue weighted by molar-refractivity contribution is 6.03. The summed E-state index contributed by atoms with van der Waals surface area (Å²) in [5.74, 6) is -1.71. The minimum atomic E-state index is -4.89. The normalized spacial score (nSPS) is 16.0. The number of alkyl halides is 3. The van der Waals surface area contributed by atoms with Crippen LogP contribution in [0.25, 0.3) is 0 Å². The number of rotatable bonds is 7. The van der Waals surface area contributed by atoms with Gasteiger partial charge >= 0.3 is 6.18 Å². The summed E-state index contributed by atoms with van der Waals surface area (Å²) in [6, 6.07) is 19.1. The highest BCUT2D eigenvalue weighted by Gasteiger charge is 2.42. The third-order valence-corrected chi connectivity index (χ3v) is 8.39. The van der Waals surface area contributed by atoms with Gasteiger partial charge in [0.2, 0.25) is 11.7 Å². The Morgan fingerprint density at radius 2 is 1.57 bits per heavy atom. The second-order valence-electron chi connectivity index (χ2n) is 11.3. The fourth-order valence-electron chi connectivity index (χ4n) is 5.86. The van der Waals surface area contributed by atoms with Crippen LogP contribution in [-0.4, -0.2) is 66.0 Å². The van der Waals surface area contributed by atoms with Crippen LogP contribution in [-0.2, 0) is 17.4 Å². The number of benzene rings is 2. The molecule has 4 aromatic rings. The number of amides is 2. The van der Waals surface area contributed by atoms with E-state index in [0.717, 1.165) is 0 Å². The third-order valence-electron chi connectivity index (χ3n) is 8.39. The summed E-state index contributed by atoms with van der Waals surface area (Å²) in [5.41, 5.74) is 0.334. The van der Waals surface area contributed by atoms with E-state index >= 15 is 0 Å². The molecule has 2 aliphatic heterocycles. The Labute approximate surface area is 262 Å². The van der Waals surface area contributed by atoms with Crippen LogP contribution in [0.2, 0.25) is 0 Å². The van der Waals surface area contributed by atoms with Crippen molar-refractivity contribution < 1.29 is 31.6 Å². The van der Waals surface area contributed by atoms with Gasteiger partial charge in [0.05, 0.1) is 18.3 Å². The van der Waals surface area contributed by atoms with E-state index in [1.165, 1.54) is 23.9 Å². The van der Waals surface area contributed by atoms with E-state index in [0.29, 0.717) is 63.5 Å². The summed E-state index contributed by atoms with van der Waals surface area (Å²) >= 11 is 0. The summed E-state index contributed by atoms with van der Waals surface area (Å²) in [7, 11) is 0. The molecular weight excluding hydrogens is 604 g/mol. The van der Waals surface area contributed by atoms with Gasteiger partial charge in [-0.05, 0) is 48.1 Å². The van der Waals surface area contributed by atoms with Crippen LogP contribution in [0, 0.1) is 5.82 Å². The predicted octanol–water partition coefficient (Wildman–Crippen LogP) is 5.76. The average molecular weight is 637 g/mol. The summed E-state index contributed by atoms with van der Waals surface area (Å²) in [6.45, 7) is 2.70. The lowest BCUT2D eigenvalue weighted by Gasteiger charge is -2.35. The first-order valence-corrected chi connectivity index (χ1v) is 15.1. The van der Waals surface area contributed by atoms with Crippen LogP contribution in [0.1, 0.15) is 46.1 Å². The Bertz CT molecular complexity index is 1660. The molecule has 2 saturated heterocycles. The zero-order valence-electron chi connectivity index (χ0n) is 24.8. The van der Waals surface area contributed by atoms with Gasteiger partial charge in [0, 0.05) is 39.3 Å². The maximum absolute atomic E-state index is 13.9. The lowest BCUT2D eigenvalue weighted by molar-refractivity contribution is -0.141. The second-order valence-corrected chi connectivity index (χ2v) is 11.3. The number of oxazole rings is 1. The third kappa shape index (κ3) is 6.98. The number of hydrogen-bond donors (Lipinski definition) is 1. The molecule has 13 heteroatoms. The number of pyridine rings is 1. The number of aromatic nitrogens is 2. The number of anilines is 3. The quantitative estimate of drug-likeness (QED) is 0.258. The molecule has 9 nitrogen and oxygen atoms in total. The number of piperazine rings is 1. The number of carbonyl (C=O) groups excluding carboxylic acids is 2. The van der Waals surface area contributed by atoms with Crippen LogP contribution in [0.15, 0.2) is 77.3 Å². The van der Waals surface area contributed by atoms with E-state index in [2.05, 4.69) is 15.3 Å². The Kier molecular flexibility index (Phi) is 8.91. The first-order chi connectivity index (χ1) is 22.2. The molecule has 6 rings (SSSR count). The van der Waals surface area contributed by atoms with Crippen molar-refractivity contribution in [2.45, 2.75) is 31.4 Å². The number of halogens is 4. The maximum Gasteiger partial charge on any atom is 0.437 e. The van der Waals surface area contributed by atoms with Crippen molar-refractivity contribution in [3.05, 3.63) is 101 Å². The topological polar surface area (TPSA) is 94.8 Å². The molecule has 1 N–H and O–H groups in total. The molecular formula is C33H32F4N6O3. The van der Waals surface area contributed by atoms with Gasteiger partial charge < -0.3 is 24.4 Å². The second kappa shape index (κ2) is 13.2. The first-order valence-electron chi connectivity index (χ1n) is 15.1. The van der Waals surface area contributed by atoms with Crippen molar-refractivity contribution in [3.63, 3.8) is 0 Å². The molecule has 2 fully saturated rings. The van der Waals surface area contributed by atoms with Gasteiger partial charge in [-0.3, -0.25) is 9.59 Å². The number of hydrogen-bond acceptors (Lipinski definition) is 7. The molecule has 2 aromatic heterocycles. The summed E-state index contributed by atoms with van der Waals surface area (Å²) in [4.78, 5) is 39.0. The van der Waals surface area contributed by atoms with Crippen molar-refractivity contribution in [1.29, 1.82) is 0 Å². The highest BCUT2D eigenvalue weighted by atomic mass is 19.4. The molecule has 0 aliphatic carbocycles. The molecule has 0 saturated carbocycles. The van der Waals surface area contributed by atoms with Crippen molar-refractivity contribution in [3.8, 4) is 0 Å². The molecule has 2 amide bonds. The van der Waals surface area contributed by atoms with E-state index in [-0.39, 0.29) is 29.9 Å². The molecule has 46 heavy (non-hydrogen) atoms. The number of piperidine rings is 1. The van der Waals surface area contributed by atoms with E-state index in [9.17, 15) is 27.2 Å². The SMILES string of the molecule is O=C(Nc1ccc(N2CCN(C(=O)Cc3ccccc3F)CC2)nc1)c1oc(N2CCC(c3ccccc3)CC2)nc1C(F)(F)F. The smallest absolute Gasteiger partial charge is 0.417 e. The van der Waals surface area contributed by atoms with E-state index in [4.69, 9.17) is 4.42 Å². The minimum absolute atomic E-state index is 0.0190. The van der Waals surface area contributed by atoms with Crippen LogP contribution in [0.5, 0.6) is 0 Å². The first kappa shape index (κ1) is 31.1. The molecule has 0 radical (unpaired) electrons. The van der Waals surface area contributed by atoms with E-state index < -0.39 is 29.4 Å². The van der Waals surface area contributed by atoms with Crippen LogP contribution < -0.4 is 15.1 Å². The zero-order chi connectivity index (χ0) is 32.3. The lowest BCUT2D eigenvalue weighted by Crippen LogP contribution is -2.49. The summed E-state index contributed by atoms with van der Waals surface area (Å²) < 4.78 is 61.1. The van der Waals surface area contributed by atoms with Gasteiger partial charge in [-0.25, -0.2) is 9.37 Å². The Balaban J connectivity index is 1.06. The van der Waals surface area contributed by atoms with Gasteiger partial charge in [-0.1, -0.05) is 48.5 Å². The van der Waals surface area contributed by atoms with Crippen molar-refractivity contribution in [2.24, 2.45) is 0 Å². The molecule has 4 heterocycles. The van der Waals surface area contributed by atoms with Crippen molar-refractivity contribution in [1.82, 2.24) is 14.9 Å². The van der Waals surface area contributed by atoms with Gasteiger partial charge in [0.25, 0.3) is 11.9 Å². The average Bonchev–Trinajstić information content (AvgIpc) is 3.54.